The first-order valence-electron chi connectivity index (χ1n) is 39.3. The average Bonchev–Trinajstić information content (AvgIpc) is 0.669. The molecule has 46 atom stereocenters. The van der Waals surface area contributed by atoms with E-state index in [-0.39, 0.29) is 25.2 Å². The second-order valence-corrected chi connectivity index (χ2v) is 35.5. The van der Waals surface area contributed by atoms with Crippen molar-refractivity contribution in [2.24, 2.45) is 50.2 Å². The maximum atomic E-state index is 15.8. The van der Waals surface area contributed by atoms with Gasteiger partial charge in [0.25, 0.3) is 0 Å². The summed E-state index contributed by atoms with van der Waals surface area (Å²) in [6, 6.07) is 0. The Balaban J connectivity index is 0.715. The summed E-state index contributed by atoms with van der Waals surface area (Å²) in [5.41, 5.74) is -4.94. The molecule has 0 aromatic carbocycles. The molecule has 12 fully saturated rings. The third-order valence-electron chi connectivity index (χ3n) is 28.2. The molecular weight excluding hydrogens is 1530 g/mol. The first kappa shape index (κ1) is 88.7. The van der Waals surface area contributed by atoms with Crippen LogP contribution in [0.3, 0.4) is 0 Å². The normalized spacial score (nSPS) is 55.1. The summed E-state index contributed by atoms with van der Waals surface area (Å²) in [7, 11) is 0. The topological polar surface area (TPSA) is 624 Å². The van der Waals surface area contributed by atoms with Crippen LogP contribution in [0.2, 0.25) is 0 Å². The standard InChI is InChI=1S/C74H116O40/c1-25-38(82)44(88)57(112-63-49(93)45(89)52(26(2)104-63)107-62-51(95)53(32(80)23-101-62)108-65-56(41(85)31(79)22-102-65)111-61-47(91)40(84)30(78)21-100-61)66(103-25)114-68(98)74-16-15-69(3,4)17-28(74)27-9-10-35-70(5)13-12-37(71(6,24-76)34(70)11-14-72(35,7)73(27,8)18-36(74)81)106-67-58(113-64-48(92)43(87)42(86)33(19-75)105-64)54(50(94)55(110-67)59(96)97)109-60-46(90)39(83)29(77)20-99-60/h9,24-26,28-58,60-67,75,77-95H,10-23H2,1-8H3,(H,96,97). The van der Waals surface area contributed by atoms with Crippen molar-refractivity contribution in [2.45, 2.75) is 347 Å². The van der Waals surface area contributed by atoms with Crippen molar-refractivity contribution in [3.63, 3.8) is 0 Å². The Morgan fingerprint density at radius 3 is 1.60 bits per heavy atom. The monoisotopic (exact) mass is 1640 g/mol. The van der Waals surface area contributed by atoms with Crippen molar-refractivity contribution in [2.75, 3.05) is 33.0 Å². The Morgan fingerprint density at radius 1 is 0.456 bits per heavy atom. The number of hydrogen-bond acceptors (Lipinski definition) is 39. The molecule has 13 aliphatic rings. The minimum atomic E-state index is -2.23. The summed E-state index contributed by atoms with van der Waals surface area (Å²) >= 11 is 0. The number of rotatable bonds is 19. The fraction of sp³-hybridized carbons (Fsp3) is 0.932. The highest BCUT2D eigenvalue weighted by molar-refractivity contribution is 5.80. The lowest BCUT2D eigenvalue weighted by molar-refractivity contribution is -0.391. The third kappa shape index (κ3) is 15.4. The molecule has 8 heterocycles. The van der Waals surface area contributed by atoms with E-state index in [0.717, 1.165) is 11.9 Å². The number of aliphatic carboxylic acids is 1. The van der Waals surface area contributed by atoms with Crippen molar-refractivity contribution in [3.8, 4) is 0 Å². The van der Waals surface area contributed by atoms with Gasteiger partial charge in [-0.2, -0.15) is 0 Å². The number of fused-ring (bicyclic) bond motifs is 7. The molecule has 5 aliphatic carbocycles. The number of carboxylic acid groups (broad SMARTS) is 1. The summed E-state index contributed by atoms with van der Waals surface area (Å²) < 4.78 is 95.3. The van der Waals surface area contributed by atoms with Gasteiger partial charge in [0.15, 0.2) is 56.2 Å². The molecule has 0 spiro atoms. The molecule has 21 N–H and O–H groups in total. The number of aldehydes is 1. The number of carbonyl (C=O) groups excluding carboxylic acids is 2. The van der Waals surface area contributed by atoms with Crippen LogP contribution >= 0.6 is 0 Å². The zero-order valence-corrected chi connectivity index (χ0v) is 64.4. The van der Waals surface area contributed by atoms with Gasteiger partial charge >= 0.3 is 11.9 Å². The van der Waals surface area contributed by atoms with Crippen LogP contribution in [0.5, 0.6) is 0 Å². The zero-order chi connectivity index (χ0) is 83.0. The van der Waals surface area contributed by atoms with E-state index >= 15 is 4.79 Å². The van der Waals surface area contributed by atoms with E-state index in [2.05, 4.69) is 40.7 Å². The van der Waals surface area contributed by atoms with E-state index in [9.17, 15) is 117 Å². The largest absolute Gasteiger partial charge is 0.479 e. The summed E-state index contributed by atoms with van der Waals surface area (Å²) in [5, 5.41) is 232. The molecule has 40 nitrogen and oxygen atoms in total. The molecule has 8 aliphatic heterocycles. The first-order chi connectivity index (χ1) is 53.5. The minimum Gasteiger partial charge on any atom is -0.479 e. The quantitative estimate of drug-likeness (QED) is 0.0247. The summed E-state index contributed by atoms with van der Waals surface area (Å²) in [6.45, 7) is 11.8. The van der Waals surface area contributed by atoms with Crippen molar-refractivity contribution >= 4 is 18.2 Å². The lowest BCUT2D eigenvalue weighted by atomic mass is 9.33. The number of ether oxygens (including phenoxy) is 16. The Morgan fingerprint density at radius 2 is 0.974 bits per heavy atom. The van der Waals surface area contributed by atoms with Crippen LogP contribution in [0, 0.1) is 50.2 Å². The second-order valence-electron chi connectivity index (χ2n) is 35.5. The maximum Gasteiger partial charge on any atom is 0.335 e. The van der Waals surface area contributed by atoms with Crippen LogP contribution in [0.15, 0.2) is 11.6 Å². The minimum absolute atomic E-state index is 0.0227. The van der Waals surface area contributed by atoms with Crippen LogP contribution in [0.1, 0.15) is 113 Å². The Labute approximate surface area is 655 Å². The van der Waals surface area contributed by atoms with Gasteiger partial charge in [-0.3, -0.25) is 4.79 Å². The fourth-order valence-corrected chi connectivity index (χ4v) is 21.2. The van der Waals surface area contributed by atoms with Crippen molar-refractivity contribution in [1.29, 1.82) is 0 Å². The molecule has 8 saturated heterocycles. The van der Waals surface area contributed by atoms with E-state index in [1.165, 1.54) is 13.8 Å². The molecule has 0 bridgehead atoms. The molecule has 13 rings (SSSR count). The Bertz CT molecular complexity index is 3360. The van der Waals surface area contributed by atoms with Gasteiger partial charge in [0.2, 0.25) is 6.29 Å². The van der Waals surface area contributed by atoms with E-state index < -0.39 is 323 Å². The predicted octanol–water partition coefficient (Wildman–Crippen LogP) is -7.88. The average molecular weight is 1650 g/mol. The number of allylic oxidation sites excluding steroid dienone is 2. The van der Waals surface area contributed by atoms with Crippen LogP contribution in [-0.4, -0.2) is 392 Å². The fourth-order valence-electron chi connectivity index (χ4n) is 21.2. The lowest BCUT2D eigenvalue weighted by Crippen LogP contribution is -2.69. The molecule has 652 valence electrons. The van der Waals surface area contributed by atoms with E-state index in [1.807, 2.05) is 0 Å². The first-order valence-corrected chi connectivity index (χ1v) is 39.3. The lowest BCUT2D eigenvalue weighted by Gasteiger charge is -2.71. The molecule has 0 aromatic rings. The van der Waals surface area contributed by atoms with Crippen molar-refractivity contribution in [3.05, 3.63) is 11.6 Å². The SMILES string of the molecule is CC1OC(OC(=O)C23CCC(C)(C)CC2C2=CCC4C5(C)CCC(OC6OC(C(=O)O)C(O)C(OC7OCC(O)C(O)C7O)C6OC6OC(CO)C(O)C(O)C6O)C(C)(C=O)C5CCC4(C)C2(C)CC3O)C(OC2OC(C)C(OC3OCC(O)C(OC4OCC(O)C(O)C4OC4OCC(O)C(O)C4O)C3O)C(O)C2O)C(O)C1O. The number of carboxylic acids is 1. The number of hydrogen-bond donors (Lipinski definition) is 21. The van der Waals surface area contributed by atoms with Gasteiger partial charge in [-0.25, -0.2) is 4.79 Å². The van der Waals surface area contributed by atoms with E-state index in [1.54, 1.807) is 6.92 Å². The summed E-state index contributed by atoms with van der Waals surface area (Å²) in [5.74, 6) is -4.12. The second kappa shape index (κ2) is 33.6. The molecule has 4 saturated carbocycles. The molecular formula is C74H116O40. The number of aliphatic hydroxyl groups is 20. The Kier molecular flexibility index (Phi) is 26.2. The number of esters is 1. The van der Waals surface area contributed by atoms with E-state index in [4.69, 9.17) is 75.8 Å². The smallest absolute Gasteiger partial charge is 0.335 e. The summed E-state index contributed by atoms with van der Waals surface area (Å²) in [6.07, 6.45) is -62.5. The van der Waals surface area contributed by atoms with Gasteiger partial charge in [-0.05, 0) is 111 Å². The van der Waals surface area contributed by atoms with Gasteiger partial charge in [-0.15, -0.1) is 0 Å². The number of carbonyl (C=O) groups is 3. The molecule has 114 heavy (non-hydrogen) atoms. The van der Waals surface area contributed by atoms with Crippen LogP contribution < -0.4 is 0 Å². The molecule has 0 amide bonds. The van der Waals surface area contributed by atoms with Gasteiger partial charge in [-0.1, -0.05) is 53.2 Å². The van der Waals surface area contributed by atoms with Crippen LogP contribution in [-0.2, 0) is 90.2 Å². The highest BCUT2D eigenvalue weighted by Gasteiger charge is 2.73. The highest BCUT2D eigenvalue weighted by atomic mass is 16.8. The number of aliphatic hydroxyl groups excluding tert-OH is 20. The van der Waals surface area contributed by atoms with Gasteiger partial charge in [0, 0.05) is 0 Å². The molecule has 0 radical (unpaired) electrons. The van der Waals surface area contributed by atoms with E-state index in [0.29, 0.717) is 38.5 Å². The van der Waals surface area contributed by atoms with Gasteiger partial charge in [0.05, 0.1) is 62.9 Å². The molecule has 46 unspecified atom stereocenters. The van der Waals surface area contributed by atoms with Crippen molar-refractivity contribution < 1.29 is 197 Å². The van der Waals surface area contributed by atoms with Crippen molar-refractivity contribution in [1.82, 2.24) is 0 Å². The molecule has 40 heteroatoms. The van der Waals surface area contributed by atoms with Gasteiger partial charge in [0.1, 0.15) is 158 Å². The van der Waals surface area contributed by atoms with Crippen LogP contribution in [0.4, 0.5) is 0 Å². The van der Waals surface area contributed by atoms with Gasteiger partial charge < -0.3 is 188 Å². The highest BCUT2D eigenvalue weighted by Crippen LogP contribution is 2.76. The third-order valence-corrected chi connectivity index (χ3v) is 28.2. The molecule has 0 aromatic heterocycles. The van der Waals surface area contributed by atoms with Crippen LogP contribution in [0.25, 0.3) is 0 Å². The Hall–Kier alpha value is -3.05. The zero-order valence-electron chi connectivity index (χ0n) is 64.4. The summed E-state index contributed by atoms with van der Waals surface area (Å²) in [4.78, 5) is 43.1. The predicted molar refractivity (Wildman–Crippen MR) is 369 cm³/mol. The maximum absolute atomic E-state index is 15.8.